The Labute approximate surface area is 126 Å². The Morgan fingerprint density at radius 3 is 2.67 bits per heavy atom. The molecule has 1 aromatic rings. The van der Waals surface area contributed by atoms with Crippen LogP contribution >= 0.6 is 0 Å². The van der Waals surface area contributed by atoms with Gasteiger partial charge in [0.1, 0.15) is 6.10 Å². The molecule has 0 bridgehead atoms. The molecule has 0 aromatic carbocycles. The van der Waals surface area contributed by atoms with E-state index < -0.39 is 6.10 Å². The van der Waals surface area contributed by atoms with Gasteiger partial charge >= 0.3 is 0 Å². The number of hydrogen-bond acceptors (Lipinski definition) is 5. The monoisotopic (exact) mass is 294 g/mol. The Morgan fingerprint density at radius 1 is 1.43 bits per heavy atom. The van der Waals surface area contributed by atoms with Crippen molar-refractivity contribution in [3.05, 3.63) is 24.0 Å². The molecule has 0 aliphatic heterocycles. The standard InChI is InChI=1S/C16H26N2O3/c1-5-6-18(10-15(21-4)16(20)12(2)3)14-7-13(11-19)8-17-9-14/h7-9,12,15,19H,5-6,10-11H2,1-4H3. The summed E-state index contributed by atoms with van der Waals surface area (Å²) in [5.41, 5.74) is 1.67. The van der Waals surface area contributed by atoms with Crippen LogP contribution in [0, 0.1) is 5.92 Å². The van der Waals surface area contributed by atoms with Gasteiger partial charge in [-0.25, -0.2) is 0 Å². The normalized spacial score (nSPS) is 12.5. The lowest BCUT2D eigenvalue weighted by Crippen LogP contribution is -2.40. The summed E-state index contributed by atoms with van der Waals surface area (Å²) in [5.74, 6) is 0.0465. The van der Waals surface area contributed by atoms with Gasteiger partial charge in [0.15, 0.2) is 5.78 Å². The first-order valence-electron chi connectivity index (χ1n) is 7.39. The topological polar surface area (TPSA) is 62.7 Å². The lowest BCUT2D eigenvalue weighted by molar-refractivity contribution is -0.131. The van der Waals surface area contributed by atoms with Crippen molar-refractivity contribution in [2.75, 3.05) is 25.1 Å². The van der Waals surface area contributed by atoms with Gasteiger partial charge in [0.2, 0.25) is 0 Å². The van der Waals surface area contributed by atoms with Crippen LogP contribution in [-0.2, 0) is 16.1 Å². The predicted octanol–water partition coefficient (Wildman–Crippen LogP) is 2.03. The number of rotatable bonds is 9. The Hall–Kier alpha value is -1.46. The van der Waals surface area contributed by atoms with Crippen LogP contribution in [0.2, 0.25) is 0 Å². The summed E-state index contributed by atoms with van der Waals surface area (Å²) in [7, 11) is 1.57. The van der Waals surface area contributed by atoms with E-state index in [1.807, 2.05) is 19.9 Å². The van der Waals surface area contributed by atoms with E-state index in [4.69, 9.17) is 4.74 Å². The number of Topliss-reactive ketones (excluding diaryl/α,β-unsaturated/α-hetero) is 1. The zero-order chi connectivity index (χ0) is 15.8. The number of aliphatic hydroxyl groups is 1. The number of ether oxygens (including phenoxy) is 1. The van der Waals surface area contributed by atoms with Crippen molar-refractivity contribution in [2.45, 2.75) is 39.9 Å². The predicted molar refractivity (Wildman–Crippen MR) is 83.3 cm³/mol. The van der Waals surface area contributed by atoms with E-state index in [2.05, 4.69) is 16.8 Å². The third kappa shape index (κ3) is 5.10. The van der Waals surface area contributed by atoms with Gasteiger partial charge in [0.05, 0.1) is 25.0 Å². The molecule has 0 saturated heterocycles. The zero-order valence-electron chi connectivity index (χ0n) is 13.4. The molecule has 118 valence electrons. The molecule has 0 aliphatic rings. The van der Waals surface area contributed by atoms with E-state index >= 15 is 0 Å². The van der Waals surface area contributed by atoms with Gasteiger partial charge in [0, 0.05) is 25.8 Å². The fourth-order valence-electron chi connectivity index (χ4n) is 2.18. The second-order valence-corrected chi connectivity index (χ2v) is 5.44. The Morgan fingerprint density at radius 2 is 2.14 bits per heavy atom. The fourth-order valence-corrected chi connectivity index (χ4v) is 2.18. The lowest BCUT2D eigenvalue weighted by atomic mass is 10.0. The quantitative estimate of drug-likeness (QED) is 0.755. The number of hydrogen-bond donors (Lipinski definition) is 1. The summed E-state index contributed by atoms with van der Waals surface area (Å²) in [6.45, 7) is 7.11. The van der Waals surface area contributed by atoms with Crippen LogP contribution in [0.5, 0.6) is 0 Å². The van der Waals surface area contributed by atoms with Gasteiger partial charge in [-0.15, -0.1) is 0 Å². The second-order valence-electron chi connectivity index (χ2n) is 5.44. The van der Waals surface area contributed by atoms with Crippen LogP contribution in [0.3, 0.4) is 0 Å². The maximum absolute atomic E-state index is 12.2. The molecular formula is C16H26N2O3. The first kappa shape index (κ1) is 17.6. The highest BCUT2D eigenvalue weighted by Gasteiger charge is 2.23. The molecule has 1 atom stereocenters. The molecule has 1 unspecified atom stereocenters. The Kier molecular flexibility index (Phi) is 7.32. The molecule has 0 saturated carbocycles. The number of carbonyl (C=O) groups is 1. The number of nitrogens with zero attached hydrogens (tertiary/aromatic N) is 2. The molecule has 0 amide bonds. The molecule has 5 nitrogen and oxygen atoms in total. The fraction of sp³-hybridized carbons (Fsp3) is 0.625. The van der Waals surface area contributed by atoms with Crippen LogP contribution in [-0.4, -0.2) is 42.2 Å². The van der Waals surface area contributed by atoms with Crippen LogP contribution < -0.4 is 4.90 Å². The summed E-state index contributed by atoms with van der Waals surface area (Å²) >= 11 is 0. The molecular weight excluding hydrogens is 268 g/mol. The molecule has 21 heavy (non-hydrogen) atoms. The minimum Gasteiger partial charge on any atom is -0.392 e. The van der Waals surface area contributed by atoms with Crippen molar-refractivity contribution < 1.29 is 14.6 Å². The number of methoxy groups -OCH3 is 1. The van der Waals surface area contributed by atoms with E-state index in [1.165, 1.54) is 0 Å². The van der Waals surface area contributed by atoms with Crippen molar-refractivity contribution in [1.29, 1.82) is 0 Å². The lowest BCUT2D eigenvalue weighted by Gasteiger charge is -2.28. The van der Waals surface area contributed by atoms with Crippen LogP contribution in [0.25, 0.3) is 0 Å². The van der Waals surface area contributed by atoms with E-state index in [0.717, 1.165) is 24.2 Å². The van der Waals surface area contributed by atoms with E-state index in [1.54, 1.807) is 19.5 Å². The molecule has 5 heteroatoms. The average Bonchev–Trinajstić information content (AvgIpc) is 2.50. The number of pyridine rings is 1. The number of aliphatic hydroxyl groups excluding tert-OH is 1. The van der Waals surface area contributed by atoms with Crippen LogP contribution in [0.15, 0.2) is 18.5 Å². The number of anilines is 1. The van der Waals surface area contributed by atoms with E-state index in [9.17, 15) is 9.90 Å². The SMILES string of the molecule is CCCN(CC(OC)C(=O)C(C)C)c1cncc(CO)c1. The third-order valence-corrected chi connectivity index (χ3v) is 3.38. The smallest absolute Gasteiger partial charge is 0.165 e. The minimum absolute atomic E-state index is 0.0422. The molecule has 0 fully saturated rings. The summed E-state index contributed by atoms with van der Waals surface area (Å²) in [6.07, 6.45) is 3.90. The third-order valence-electron chi connectivity index (χ3n) is 3.38. The summed E-state index contributed by atoms with van der Waals surface area (Å²) < 4.78 is 5.37. The summed E-state index contributed by atoms with van der Waals surface area (Å²) in [5, 5.41) is 9.23. The van der Waals surface area contributed by atoms with Crippen molar-refractivity contribution in [1.82, 2.24) is 4.98 Å². The van der Waals surface area contributed by atoms with Gasteiger partial charge in [-0.1, -0.05) is 20.8 Å². The number of ketones is 1. The van der Waals surface area contributed by atoms with Crippen molar-refractivity contribution in [3.8, 4) is 0 Å². The molecule has 0 spiro atoms. The molecule has 1 heterocycles. The van der Waals surface area contributed by atoms with Gasteiger partial charge in [-0.2, -0.15) is 0 Å². The van der Waals surface area contributed by atoms with E-state index in [-0.39, 0.29) is 18.3 Å². The van der Waals surface area contributed by atoms with Crippen molar-refractivity contribution in [2.24, 2.45) is 5.92 Å². The maximum atomic E-state index is 12.2. The molecule has 1 rings (SSSR count). The maximum Gasteiger partial charge on any atom is 0.165 e. The largest absolute Gasteiger partial charge is 0.392 e. The molecule has 1 N–H and O–H groups in total. The highest BCUT2D eigenvalue weighted by Crippen LogP contribution is 2.17. The molecule has 1 aromatic heterocycles. The van der Waals surface area contributed by atoms with Crippen molar-refractivity contribution in [3.63, 3.8) is 0 Å². The van der Waals surface area contributed by atoms with Gasteiger partial charge in [-0.3, -0.25) is 9.78 Å². The summed E-state index contributed by atoms with van der Waals surface area (Å²) in [6, 6.07) is 1.90. The number of aromatic nitrogens is 1. The van der Waals surface area contributed by atoms with Crippen molar-refractivity contribution >= 4 is 11.5 Å². The Bertz CT molecular complexity index is 449. The highest BCUT2D eigenvalue weighted by atomic mass is 16.5. The molecule has 0 aliphatic carbocycles. The Balaban J connectivity index is 2.92. The molecule has 0 radical (unpaired) electrons. The first-order chi connectivity index (χ1) is 10.0. The van der Waals surface area contributed by atoms with Gasteiger partial charge < -0.3 is 14.7 Å². The van der Waals surface area contributed by atoms with Crippen LogP contribution in [0.1, 0.15) is 32.8 Å². The zero-order valence-corrected chi connectivity index (χ0v) is 13.4. The first-order valence-corrected chi connectivity index (χ1v) is 7.39. The van der Waals surface area contributed by atoms with Crippen LogP contribution in [0.4, 0.5) is 5.69 Å². The number of carbonyl (C=O) groups excluding carboxylic acids is 1. The second kappa shape index (κ2) is 8.74. The highest BCUT2D eigenvalue weighted by molar-refractivity contribution is 5.85. The minimum atomic E-state index is -0.450. The average molecular weight is 294 g/mol. The van der Waals surface area contributed by atoms with Gasteiger partial charge in [-0.05, 0) is 18.1 Å². The van der Waals surface area contributed by atoms with Gasteiger partial charge in [0.25, 0.3) is 0 Å². The summed E-state index contributed by atoms with van der Waals surface area (Å²) in [4.78, 5) is 18.4. The van der Waals surface area contributed by atoms with E-state index in [0.29, 0.717) is 6.54 Å².